The van der Waals surface area contributed by atoms with Gasteiger partial charge in [-0.1, -0.05) is 13.5 Å². The predicted octanol–water partition coefficient (Wildman–Crippen LogP) is 4.15. The van der Waals surface area contributed by atoms with Crippen molar-refractivity contribution >= 4 is 24.1 Å². The van der Waals surface area contributed by atoms with E-state index in [4.69, 9.17) is 19.7 Å². The molecule has 0 radical (unpaired) electrons. The van der Waals surface area contributed by atoms with Crippen molar-refractivity contribution in [1.29, 1.82) is 0 Å². The fraction of sp³-hybridized carbons (Fsp3) is 0.423. The average molecular weight is 562 g/mol. The maximum Gasteiger partial charge on any atom is 0.220 e. The van der Waals surface area contributed by atoms with Gasteiger partial charge in [0, 0.05) is 68.2 Å². The number of hydrogen-bond acceptors (Lipinski definition) is 8. The zero-order valence-corrected chi connectivity index (χ0v) is 21.6. The van der Waals surface area contributed by atoms with Gasteiger partial charge in [0.05, 0.1) is 17.1 Å². The maximum atomic E-state index is 15.3. The van der Waals surface area contributed by atoms with Gasteiger partial charge in [0.25, 0.3) is 0 Å². The number of nitrogens with one attached hydrogen (secondary N) is 2. The minimum atomic E-state index is -0.523. The minimum absolute atomic E-state index is 0. The molecule has 0 aliphatic carbocycles. The highest BCUT2D eigenvalue weighted by atomic mass is 20.0. The molecule has 13 heteroatoms. The van der Waals surface area contributed by atoms with Gasteiger partial charge < -0.3 is 31.5 Å². The number of benzene rings is 1. The van der Waals surface area contributed by atoms with Crippen LogP contribution in [0, 0.1) is 5.82 Å². The molecular formula is C26H43F4N7O2. The van der Waals surface area contributed by atoms with Gasteiger partial charge in [-0.25, -0.2) is 18.7 Å². The Morgan fingerprint density at radius 3 is 2.44 bits per heavy atom. The number of carbonyl (C=O) groups excluding carboxylic acids is 1. The molecule has 39 heavy (non-hydrogen) atoms. The lowest BCUT2D eigenvalue weighted by atomic mass is 10.0. The standard InChI is InChI=1S/C24H31F2N7.CH2O.CH4.F2.H2O.2H2/c1-15-13-33(14-16(2)32(15)3)23-9-20(26)19(21-5-7-29-24(27)31-21)8-22(23)30-12-18-11-28-6-4-17(18)10-25;1-2;;1-2;;;/h4-5,7-9,11,15-16,28,30H,6,10,12-14H2,1-3H3,(H2,27,29,31);1H2;1H4;;1H2;2*1H/t15-,16+;;;;;;. The van der Waals surface area contributed by atoms with Crippen LogP contribution in [0.2, 0.25) is 0 Å². The van der Waals surface area contributed by atoms with Crippen LogP contribution in [0.25, 0.3) is 11.3 Å². The fourth-order valence-corrected chi connectivity index (χ4v) is 4.37. The van der Waals surface area contributed by atoms with Crippen molar-refractivity contribution in [3.05, 3.63) is 53.6 Å². The summed E-state index contributed by atoms with van der Waals surface area (Å²) < 4.78 is 44.8. The summed E-state index contributed by atoms with van der Waals surface area (Å²) in [5.41, 5.74) is 9.52. The number of nitrogens with two attached hydrogens (primary N) is 1. The number of halogens is 4. The summed E-state index contributed by atoms with van der Waals surface area (Å²) in [6.07, 6.45) is 5.19. The van der Waals surface area contributed by atoms with E-state index in [0.717, 1.165) is 30.0 Å². The second kappa shape index (κ2) is 17.0. The second-order valence-electron chi connectivity index (χ2n) is 8.71. The number of anilines is 3. The van der Waals surface area contributed by atoms with Crippen LogP contribution < -0.4 is 21.3 Å². The van der Waals surface area contributed by atoms with E-state index in [1.54, 1.807) is 18.2 Å². The van der Waals surface area contributed by atoms with Crippen molar-refractivity contribution in [1.82, 2.24) is 20.2 Å². The molecule has 0 bridgehead atoms. The quantitative estimate of drug-likeness (QED) is 0.449. The number of nitrogens with zero attached hydrogens (tertiary/aromatic N) is 4. The summed E-state index contributed by atoms with van der Waals surface area (Å²) in [6.45, 7) is 8.38. The number of hydrogen-bond donors (Lipinski definition) is 3. The number of nitrogen functional groups attached to an aromatic ring is 1. The Hall–Kier alpha value is -3.71. The number of rotatable bonds is 6. The van der Waals surface area contributed by atoms with Crippen molar-refractivity contribution in [3.63, 3.8) is 0 Å². The molecule has 9 nitrogen and oxygen atoms in total. The normalized spacial score (nSPS) is 18.3. The largest absolute Gasteiger partial charge is 0.412 e. The molecular weight excluding hydrogens is 518 g/mol. The second-order valence-corrected chi connectivity index (χ2v) is 8.71. The lowest BCUT2D eigenvalue weighted by molar-refractivity contribution is -0.0980. The first-order valence-corrected chi connectivity index (χ1v) is 11.6. The van der Waals surface area contributed by atoms with Gasteiger partial charge >= 0.3 is 0 Å². The maximum absolute atomic E-state index is 15.3. The Kier molecular flexibility index (Phi) is 15.4. The third-order valence-corrected chi connectivity index (χ3v) is 6.50. The lowest BCUT2D eigenvalue weighted by Gasteiger charge is -2.44. The number of aromatic nitrogens is 2. The highest BCUT2D eigenvalue weighted by Gasteiger charge is 2.29. The number of carbonyl (C=O) groups is 1. The molecule has 2 atom stereocenters. The van der Waals surface area contributed by atoms with Crippen LogP contribution in [0.3, 0.4) is 0 Å². The van der Waals surface area contributed by atoms with Crippen molar-refractivity contribution in [3.8, 4) is 11.3 Å². The van der Waals surface area contributed by atoms with E-state index in [1.807, 2.05) is 19.1 Å². The van der Waals surface area contributed by atoms with Crippen molar-refractivity contribution in [2.45, 2.75) is 33.4 Å². The summed E-state index contributed by atoms with van der Waals surface area (Å²) in [7, 11) is 2.11. The molecule has 1 saturated heterocycles. The van der Waals surface area contributed by atoms with Gasteiger partial charge in [-0.3, -0.25) is 4.90 Å². The zero-order valence-electron chi connectivity index (χ0n) is 21.6. The van der Waals surface area contributed by atoms with E-state index in [-0.39, 0.29) is 27.5 Å². The fourth-order valence-electron chi connectivity index (χ4n) is 4.37. The Balaban J connectivity index is -0.00000173. The molecule has 0 spiro atoms. The first-order valence-electron chi connectivity index (χ1n) is 11.6. The van der Waals surface area contributed by atoms with Crippen LogP contribution >= 0.6 is 0 Å². The lowest BCUT2D eigenvalue weighted by Crippen LogP contribution is -2.55. The van der Waals surface area contributed by atoms with Gasteiger partial charge in [-0.2, -0.15) is 0 Å². The van der Waals surface area contributed by atoms with Crippen LogP contribution in [-0.4, -0.2) is 79.1 Å². The zero-order chi connectivity index (χ0) is 27.5. The molecule has 4 rings (SSSR count). The van der Waals surface area contributed by atoms with Crippen LogP contribution in [-0.2, 0) is 4.79 Å². The molecule has 2 aliphatic rings. The molecule has 1 aromatic heterocycles. The molecule has 2 aromatic rings. The van der Waals surface area contributed by atoms with Crippen molar-refractivity contribution in [2.24, 2.45) is 0 Å². The summed E-state index contributed by atoms with van der Waals surface area (Å²) in [5.74, 6) is -0.292. The first-order chi connectivity index (χ1) is 17.9. The molecule has 6 N–H and O–H groups in total. The van der Waals surface area contributed by atoms with E-state index in [2.05, 4.69) is 51.3 Å². The molecule has 222 valence electrons. The molecule has 2 aliphatic heterocycles. The topological polar surface area (TPSA) is 131 Å². The Morgan fingerprint density at radius 1 is 1.21 bits per heavy atom. The van der Waals surface area contributed by atoms with E-state index in [1.165, 1.54) is 6.20 Å². The van der Waals surface area contributed by atoms with E-state index < -0.39 is 6.67 Å². The van der Waals surface area contributed by atoms with Crippen molar-refractivity contribution in [2.75, 3.05) is 55.9 Å². The smallest absolute Gasteiger partial charge is 0.220 e. The highest BCUT2D eigenvalue weighted by Crippen LogP contribution is 2.35. The van der Waals surface area contributed by atoms with Crippen LogP contribution in [0.15, 0.2) is 47.8 Å². The van der Waals surface area contributed by atoms with Crippen LogP contribution in [0.4, 0.5) is 35.3 Å². The Bertz CT molecular complexity index is 1100. The van der Waals surface area contributed by atoms with Gasteiger partial charge in [-0.05, 0) is 50.2 Å². The SMILES string of the molecule is C.C=O.C[C@@H]1CN(c2cc(F)c(-c3ccnc(N)n3)cc2NCC2=CNCC=C2CF)C[C@H](C)N1C.FF.O.[HH].[HH]. The summed E-state index contributed by atoms with van der Waals surface area (Å²) in [6, 6.07) is 5.58. The Morgan fingerprint density at radius 2 is 1.85 bits per heavy atom. The number of alkyl halides is 1. The molecule has 1 fully saturated rings. The highest BCUT2D eigenvalue weighted by molar-refractivity contribution is 5.78. The van der Waals surface area contributed by atoms with Crippen LogP contribution in [0.1, 0.15) is 24.1 Å². The summed E-state index contributed by atoms with van der Waals surface area (Å²) in [4.78, 5) is 20.6. The number of likely N-dealkylation sites (N-methyl/N-ethyl adjacent to an activating group) is 1. The molecule has 3 heterocycles. The van der Waals surface area contributed by atoms with Gasteiger partial charge in [0.2, 0.25) is 5.95 Å². The third-order valence-electron chi connectivity index (χ3n) is 6.50. The minimum Gasteiger partial charge on any atom is -0.412 e. The molecule has 0 saturated carbocycles. The van der Waals surface area contributed by atoms with Gasteiger partial charge in [0.15, 0.2) is 0 Å². The van der Waals surface area contributed by atoms with Gasteiger partial charge in [0.1, 0.15) is 19.3 Å². The van der Waals surface area contributed by atoms with Crippen LogP contribution in [0.5, 0.6) is 0 Å². The van der Waals surface area contributed by atoms with E-state index in [9.17, 15) is 4.39 Å². The Labute approximate surface area is 229 Å². The summed E-state index contributed by atoms with van der Waals surface area (Å²) >= 11 is 0. The van der Waals surface area contributed by atoms with Gasteiger partial charge in [-0.15, -0.1) is 0 Å². The van der Waals surface area contributed by atoms with E-state index >= 15 is 4.39 Å². The van der Waals surface area contributed by atoms with Crippen molar-refractivity contribution < 1.29 is 31.1 Å². The van der Waals surface area contributed by atoms with E-state index in [0.29, 0.717) is 42.0 Å². The molecule has 1 aromatic carbocycles. The molecule has 0 amide bonds. The average Bonchev–Trinajstić information content (AvgIpc) is 2.93. The first kappa shape index (κ1) is 35.3. The summed E-state index contributed by atoms with van der Waals surface area (Å²) in [5, 5.41) is 6.56. The number of piperazine rings is 1. The monoisotopic (exact) mass is 561 g/mol. The third kappa shape index (κ3) is 8.65. The number of dihydropyridines is 1. The predicted molar refractivity (Wildman–Crippen MR) is 153 cm³/mol. The molecule has 0 unspecified atom stereocenters.